The maximum Gasteiger partial charge on any atom is 0.220 e. The van der Waals surface area contributed by atoms with E-state index in [2.05, 4.69) is 94.1 Å². The number of nitrogens with one attached hydrogen (secondary N) is 2. The molecule has 0 atom stereocenters. The molecule has 5 heteroatoms. The summed E-state index contributed by atoms with van der Waals surface area (Å²) in [6, 6.07) is 35.8. The summed E-state index contributed by atoms with van der Waals surface area (Å²) >= 11 is 0. The van der Waals surface area contributed by atoms with Gasteiger partial charge >= 0.3 is 0 Å². The van der Waals surface area contributed by atoms with Crippen LogP contribution in [-0.4, -0.2) is 22.9 Å². The van der Waals surface area contributed by atoms with Crippen LogP contribution in [0.5, 0.6) is 0 Å². The molecular formula is C36H35N3O2. The Morgan fingerprint density at radius 3 is 1.63 bits per heavy atom. The second-order valence-electron chi connectivity index (χ2n) is 10.7. The fraction of sp³-hybridized carbons (Fsp3) is 0.222. The lowest BCUT2D eigenvalue weighted by Gasteiger charge is -2.13. The molecule has 0 aliphatic carbocycles. The summed E-state index contributed by atoms with van der Waals surface area (Å²) in [6.45, 7) is 1.98. The van der Waals surface area contributed by atoms with Crippen LogP contribution in [0.15, 0.2) is 103 Å². The van der Waals surface area contributed by atoms with E-state index in [-0.39, 0.29) is 11.8 Å². The van der Waals surface area contributed by atoms with Crippen LogP contribution in [0.25, 0.3) is 43.4 Å². The topological polar surface area (TPSA) is 63.1 Å². The van der Waals surface area contributed by atoms with Crippen LogP contribution in [0, 0.1) is 0 Å². The third kappa shape index (κ3) is 5.80. The molecule has 0 saturated carbocycles. The standard InChI is InChI=1S/C36H35N3O2/c40-35(37-22-11-23-39-33-18-7-5-16-30(33)31-17-6-8-19-34(31)39)20-9-10-21-36(41)38-25-32-28-14-3-1-12-26(28)24-27-13-2-4-15-29(27)32/h1-8,12-19,24H,9-11,20-23,25H2,(H,37,40)(H,38,41). The van der Waals surface area contributed by atoms with E-state index in [1.165, 1.54) is 43.4 Å². The number of rotatable bonds is 11. The lowest BCUT2D eigenvalue weighted by molar-refractivity contribution is -0.123. The minimum atomic E-state index is 0.0219. The first-order valence-corrected chi connectivity index (χ1v) is 14.6. The smallest absolute Gasteiger partial charge is 0.220 e. The van der Waals surface area contributed by atoms with E-state index in [0.717, 1.165) is 18.5 Å². The number of aromatic nitrogens is 1. The van der Waals surface area contributed by atoms with Gasteiger partial charge < -0.3 is 15.2 Å². The fourth-order valence-corrected chi connectivity index (χ4v) is 5.94. The first-order valence-electron chi connectivity index (χ1n) is 14.6. The Balaban J connectivity index is 0.938. The summed E-state index contributed by atoms with van der Waals surface area (Å²) in [5, 5.41) is 13.4. The van der Waals surface area contributed by atoms with Gasteiger partial charge in [-0.25, -0.2) is 0 Å². The number of hydrogen-bond acceptors (Lipinski definition) is 2. The van der Waals surface area contributed by atoms with Crippen molar-refractivity contribution in [3.8, 4) is 0 Å². The predicted molar refractivity (Wildman–Crippen MR) is 169 cm³/mol. The Bertz CT molecular complexity index is 1750. The van der Waals surface area contributed by atoms with E-state index in [9.17, 15) is 9.59 Å². The normalized spacial score (nSPS) is 11.4. The molecule has 6 aromatic rings. The van der Waals surface area contributed by atoms with Gasteiger partial charge in [0.25, 0.3) is 0 Å². The number of hydrogen-bond donors (Lipinski definition) is 2. The Labute approximate surface area is 240 Å². The molecule has 0 bridgehead atoms. The van der Waals surface area contributed by atoms with Crippen LogP contribution in [0.4, 0.5) is 0 Å². The van der Waals surface area contributed by atoms with Gasteiger partial charge in [-0.1, -0.05) is 84.9 Å². The van der Waals surface area contributed by atoms with Crippen LogP contribution < -0.4 is 10.6 Å². The van der Waals surface area contributed by atoms with Gasteiger partial charge in [-0.2, -0.15) is 0 Å². The zero-order valence-corrected chi connectivity index (χ0v) is 23.2. The first kappa shape index (κ1) is 26.6. The van der Waals surface area contributed by atoms with Gasteiger partial charge in [0.1, 0.15) is 0 Å². The Kier molecular flexibility index (Phi) is 7.94. The van der Waals surface area contributed by atoms with Crippen molar-refractivity contribution in [2.45, 2.75) is 45.2 Å². The highest BCUT2D eigenvalue weighted by molar-refractivity contribution is 6.08. The molecule has 0 aliphatic heterocycles. The summed E-state index contributed by atoms with van der Waals surface area (Å²) < 4.78 is 2.34. The number of aryl methyl sites for hydroxylation is 1. The SMILES string of the molecule is O=C(CCCCC(=O)NCc1c2ccccc2cc2ccccc12)NCCCn1c2ccccc2c2ccccc21. The van der Waals surface area contributed by atoms with E-state index in [1.54, 1.807) is 0 Å². The van der Waals surface area contributed by atoms with Crippen molar-refractivity contribution in [3.05, 3.63) is 109 Å². The molecule has 0 fully saturated rings. The maximum atomic E-state index is 12.6. The van der Waals surface area contributed by atoms with Crippen molar-refractivity contribution in [3.63, 3.8) is 0 Å². The molecule has 2 amide bonds. The van der Waals surface area contributed by atoms with Crippen molar-refractivity contribution < 1.29 is 9.59 Å². The van der Waals surface area contributed by atoms with Crippen molar-refractivity contribution in [1.29, 1.82) is 0 Å². The van der Waals surface area contributed by atoms with E-state index in [4.69, 9.17) is 0 Å². The molecule has 0 unspecified atom stereocenters. The molecule has 0 spiro atoms. The fourth-order valence-electron chi connectivity index (χ4n) is 5.94. The number of carbonyl (C=O) groups excluding carboxylic acids is 2. The van der Waals surface area contributed by atoms with Crippen LogP contribution >= 0.6 is 0 Å². The summed E-state index contributed by atoms with van der Waals surface area (Å²) in [5.41, 5.74) is 3.60. The van der Waals surface area contributed by atoms with Crippen LogP contribution in [0.2, 0.25) is 0 Å². The second kappa shape index (κ2) is 12.3. The Morgan fingerprint density at radius 1 is 0.561 bits per heavy atom. The van der Waals surface area contributed by atoms with E-state index in [1.807, 2.05) is 24.3 Å². The number of nitrogens with zero attached hydrogens (tertiary/aromatic N) is 1. The quantitative estimate of drug-likeness (QED) is 0.132. The van der Waals surface area contributed by atoms with Crippen molar-refractivity contribution >= 4 is 55.2 Å². The third-order valence-electron chi connectivity index (χ3n) is 7.96. The molecule has 0 saturated heterocycles. The summed E-state index contributed by atoms with van der Waals surface area (Å²) in [6.07, 6.45) is 3.11. The largest absolute Gasteiger partial charge is 0.356 e. The van der Waals surface area contributed by atoms with Gasteiger partial charge in [-0.05, 0) is 64.6 Å². The van der Waals surface area contributed by atoms with Crippen molar-refractivity contribution in [1.82, 2.24) is 15.2 Å². The molecule has 206 valence electrons. The number of amides is 2. The minimum absolute atomic E-state index is 0.0219. The van der Waals surface area contributed by atoms with E-state index >= 15 is 0 Å². The highest BCUT2D eigenvalue weighted by Gasteiger charge is 2.11. The molecule has 0 aliphatic rings. The zero-order valence-electron chi connectivity index (χ0n) is 23.2. The molecule has 1 aromatic heterocycles. The van der Waals surface area contributed by atoms with Gasteiger partial charge in [0.15, 0.2) is 0 Å². The van der Waals surface area contributed by atoms with Gasteiger partial charge in [0, 0.05) is 54.3 Å². The van der Waals surface area contributed by atoms with Crippen LogP contribution in [-0.2, 0) is 22.7 Å². The predicted octanol–water partition coefficient (Wildman–Crippen LogP) is 7.48. The Morgan fingerprint density at radius 2 is 1.05 bits per heavy atom. The van der Waals surface area contributed by atoms with Crippen LogP contribution in [0.3, 0.4) is 0 Å². The molecule has 1 heterocycles. The van der Waals surface area contributed by atoms with Crippen molar-refractivity contribution in [2.75, 3.05) is 6.54 Å². The lowest BCUT2D eigenvalue weighted by Crippen LogP contribution is -2.25. The third-order valence-corrected chi connectivity index (χ3v) is 7.96. The molecule has 6 rings (SSSR count). The summed E-state index contributed by atoms with van der Waals surface area (Å²) in [7, 11) is 0. The van der Waals surface area contributed by atoms with Crippen molar-refractivity contribution in [2.24, 2.45) is 0 Å². The summed E-state index contributed by atoms with van der Waals surface area (Å²) in [5.74, 6) is 0.0726. The summed E-state index contributed by atoms with van der Waals surface area (Å²) in [4.78, 5) is 25.0. The molecule has 41 heavy (non-hydrogen) atoms. The monoisotopic (exact) mass is 541 g/mol. The number of fused-ring (bicyclic) bond motifs is 5. The van der Waals surface area contributed by atoms with Gasteiger partial charge in [0.2, 0.25) is 11.8 Å². The lowest BCUT2D eigenvalue weighted by atomic mass is 9.97. The van der Waals surface area contributed by atoms with Gasteiger partial charge in [-0.3, -0.25) is 9.59 Å². The number of para-hydroxylation sites is 2. The number of carbonyl (C=O) groups is 2. The maximum absolute atomic E-state index is 12.6. The van der Waals surface area contributed by atoms with Gasteiger partial charge in [-0.15, -0.1) is 0 Å². The van der Waals surface area contributed by atoms with Crippen LogP contribution in [0.1, 0.15) is 37.7 Å². The first-order chi connectivity index (χ1) is 20.2. The molecule has 5 aromatic carbocycles. The number of unbranched alkanes of at least 4 members (excludes halogenated alkanes) is 1. The highest BCUT2D eigenvalue weighted by atomic mass is 16.2. The minimum Gasteiger partial charge on any atom is -0.356 e. The number of benzene rings is 5. The second-order valence-corrected chi connectivity index (χ2v) is 10.7. The highest BCUT2D eigenvalue weighted by Crippen LogP contribution is 2.29. The van der Waals surface area contributed by atoms with E-state index in [0.29, 0.717) is 38.8 Å². The molecule has 2 N–H and O–H groups in total. The average Bonchev–Trinajstić information content (AvgIpc) is 3.33. The molecule has 0 radical (unpaired) electrons. The van der Waals surface area contributed by atoms with E-state index < -0.39 is 0 Å². The average molecular weight is 542 g/mol. The molecular weight excluding hydrogens is 506 g/mol. The zero-order chi connectivity index (χ0) is 28.0. The Hall–Kier alpha value is -4.64. The van der Waals surface area contributed by atoms with Gasteiger partial charge in [0.05, 0.1) is 0 Å². The molecule has 5 nitrogen and oxygen atoms in total.